The van der Waals surface area contributed by atoms with Gasteiger partial charge >= 0.3 is 0 Å². The Morgan fingerprint density at radius 2 is 1.92 bits per heavy atom. The van der Waals surface area contributed by atoms with Gasteiger partial charge in [-0.25, -0.2) is 5.43 Å². The van der Waals surface area contributed by atoms with E-state index in [0.29, 0.717) is 18.1 Å². The van der Waals surface area contributed by atoms with E-state index in [0.717, 1.165) is 21.3 Å². The van der Waals surface area contributed by atoms with Crippen molar-refractivity contribution in [1.82, 2.24) is 5.43 Å². The average Bonchev–Trinajstić information content (AvgIpc) is 2.62. The highest BCUT2D eigenvalue weighted by Gasteiger charge is 2.10. The Kier molecular flexibility index (Phi) is 7.47. The third-order valence-corrected chi connectivity index (χ3v) is 4.05. The van der Waals surface area contributed by atoms with E-state index in [1.807, 2.05) is 37.3 Å². The molecule has 0 unspecified atom stereocenters. The second-order valence-electron chi connectivity index (χ2n) is 5.29. The van der Waals surface area contributed by atoms with Crippen molar-refractivity contribution in [2.45, 2.75) is 13.3 Å². The topological polar surface area (TPSA) is 69.2 Å². The molecule has 0 saturated heterocycles. The van der Waals surface area contributed by atoms with Crippen LogP contribution in [-0.4, -0.2) is 32.9 Å². The minimum Gasteiger partial charge on any atom is -0.497 e. The van der Waals surface area contributed by atoms with Crippen LogP contribution >= 0.6 is 15.9 Å². The summed E-state index contributed by atoms with van der Waals surface area (Å²) in [6, 6.07) is 11.0. The molecule has 0 aliphatic carbocycles. The van der Waals surface area contributed by atoms with Crippen molar-refractivity contribution in [3.63, 3.8) is 0 Å². The van der Waals surface area contributed by atoms with Crippen molar-refractivity contribution in [2.24, 2.45) is 5.10 Å². The Hall–Kier alpha value is -2.54. The first-order valence-corrected chi connectivity index (χ1v) is 8.81. The molecule has 0 aliphatic rings. The number of rotatable bonds is 8. The van der Waals surface area contributed by atoms with Gasteiger partial charge in [-0.3, -0.25) is 4.79 Å². The van der Waals surface area contributed by atoms with Crippen LogP contribution in [0.2, 0.25) is 0 Å². The lowest BCUT2D eigenvalue weighted by molar-refractivity contribution is -0.120. The lowest BCUT2D eigenvalue weighted by Gasteiger charge is -2.11. The third-order valence-electron chi connectivity index (χ3n) is 3.46. The fraction of sp³-hybridized carbons (Fsp3) is 0.263. The van der Waals surface area contributed by atoms with E-state index in [1.54, 1.807) is 26.5 Å². The van der Waals surface area contributed by atoms with E-state index in [4.69, 9.17) is 14.2 Å². The van der Waals surface area contributed by atoms with Gasteiger partial charge in [-0.2, -0.15) is 5.10 Å². The number of methoxy groups -OCH3 is 2. The molecule has 138 valence electrons. The van der Waals surface area contributed by atoms with Gasteiger partial charge in [-0.15, -0.1) is 0 Å². The minimum atomic E-state index is -0.205. The van der Waals surface area contributed by atoms with Crippen LogP contribution in [0.1, 0.15) is 18.1 Å². The Morgan fingerprint density at radius 1 is 1.19 bits per heavy atom. The van der Waals surface area contributed by atoms with Crippen LogP contribution in [0.3, 0.4) is 0 Å². The van der Waals surface area contributed by atoms with Crippen LogP contribution in [0.4, 0.5) is 0 Å². The Morgan fingerprint density at radius 3 is 2.54 bits per heavy atom. The summed E-state index contributed by atoms with van der Waals surface area (Å²) in [5, 5.41) is 4.00. The molecule has 0 fully saturated rings. The first-order chi connectivity index (χ1) is 12.6. The molecule has 0 radical (unpaired) electrons. The number of halogens is 1. The smallest absolute Gasteiger partial charge is 0.244 e. The molecule has 1 N–H and O–H groups in total. The van der Waals surface area contributed by atoms with Crippen LogP contribution in [0, 0.1) is 0 Å². The maximum atomic E-state index is 12.0. The number of benzene rings is 2. The zero-order valence-electron chi connectivity index (χ0n) is 14.9. The fourth-order valence-corrected chi connectivity index (χ4v) is 2.89. The lowest BCUT2D eigenvalue weighted by atomic mass is 10.1. The first kappa shape index (κ1) is 19.8. The number of hydrazone groups is 1. The number of carbonyl (C=O) groups is 1. The highest BCUT2D eigenvalue weighted by molar-refractivity contribution is 9.10. The summed E-state index contributed by atoms with van der Waals surface area (Å²) in [5.74, 6) is 1.77. The van der Waals surface area contributed by atoms with E-state index >= 15 is 0 Å². The van der Waals surface area contributed by atoms with Crippen molar-refractivity contribution in [2.75, 3.05) is 20.8 Å². The maximum Gasteiger partial charge on any atom is 0.244 e. The van der Waals surface area contributed by atoms with Gasteiger partial charge < -0.3 is 14.2 Å². The van der Waals surface area contributed by atoms with Crippen LogP contribution in [0.25, 0.3) is 0 Å². The lowest BCUT2D eigenvalue weighted by Crippen LogP contribution is -2.19. The summed E-state index contributed by atoms with van der Waals surface area (Å²) < 4.78 is 16.7. The fourth-order valence-electron chi connectivity index (χ4n) is 2.27. The van der Waals surface area contributed by atoms with Crippen molar-refractivity contribution >= 4 is 28.1 Å². The van der Waals surface area contributed by atoms with Gasteiger partial charge in [0.2, 0.25) is 5.91 Å². The molecule has 2 rings (SSSR count). The van der Waals surface area contributed by atoms with Crippen LogP contribution in [-0.2, 0) is 11.2 Å². The van der Waals surface area contributed by atoms with Gasteiger partial charge in [-0.1, -0.05) is 12.1 Å². The average molecular weight is 421 g/mol. The predicted molar refractivity (Wildman–Crippen MR) is 104 cm³/mol. The summed E-state index contributed by atoms with van der Waals surface area (Å²) in [6.07, 6.45) is 1.79. The molecule has 7 heteroatoms. The van der Waals surface area contributed by atoms with E-state index in [1.165, 1.54) is 0 Å². The van der Waals surface area contributed by atoms with Gasteiger partial charge in [0.1, 0.15) is 5.75 Å². The third kappa shape index (κ3) is 5.49. The Balaban J connectivity index is 1.99. The Bertz CT molecular complexity index is 776. The van der Waals surface area contributed by atoms with Gasteiger partial charge in [-0.05, 0) is 58.2 Å². The number of nitrogens with one attached hydrogen (secondary N) is 1. The molecule has 6 nitrogen and oxygen atoms in total. The molecule has 0 bridgehead atoms. The van der Waals surface area contributed by atoms with Crippen molar-refractivity contribution in [1.29, 1.82) is 0 Å². The van der Waals surface area contributed by atoms with Crippen molar-refractivity contribution in [3.05, 3.63) is 52.0 Å². The van der Waals surface area contributed by atoms with Gasteiger partial charge in [0.15, 0.2) is 11.5 Å². The predicted octanol–water partition coefficient (Wildman–Crippen LogP) is 3.56. The summed E-state index contributed by atoms with van der Waals surface area (Å²) >= 11 is 3.44. The summed E-state index contributed by atoms with van der Waals surface area (Å²) in [5.41, 5.74) is 4.17. The number of ether oxygens (including phenoxy) is 3. The number of nitrogens with zero attached hydrogens (tertiary/aromatic N) is 1. The normalized spacial score (nSPS) is 10.6. The molecule has 0 atom stereocenters. The van der Waals surface area contributed by atoms with Crippen molar-refractivity contribution < 1.29 is 19.0 Å². The van der Waals surface area contributed by atoms with Crippen LogP contribution < -0.4 is 19.6 Å². The molecule has 0 saturated carbocycles. The molecule has 0 heterocycles. The summed E-state index contributed by atoms with van der Waals surface area (Å²) in [4.78, 5) is 12.0. The quantitative estimate of drug-likeness (QED) is 0.523. The number of amides is 1. The monoisotopic (exact) mass is 420 g/mol. The van der Waals surface area contributed by atoms with Crippen LogP contribution in [0.15, 0.2) is 46.0 Å². The minimum absolute atomic E-state index is 0.205. The van der Waals surface area contributed by atoms with E-state index in [-0.39, 0.29) is 12.3 Å². The molecule has 2 aromatic carbocycles. The number of hydrogen-bond acceptors (Lipinski definition) is 5. The highest BCUT2D eigenvalue weighted by atomic mass is 79.9. The molecule has 0 spiro atoms. The molecular formula is C19H21BrN2O4. The second kappa shape index (κ2) is 9.82. The molecular weight excluding hydrogens is 400 g/mol. The second-order valence-corrected chi connectivity index (χ2v) is 6.14. The van der Waals surface area contributed by atoms with Gasteiger partial charge in [0.05, 0.1) is 37.9 Å². The van der Waals surface area contributed by atoms with Gasteiger partial charge in [0.25, 0.3) is 0 Å². The number of hydrogen-bond donors (Lipinski definition) is 1. The molecule has 1 amide bonds. The molecule has 0 aliphatic heterocycles. The van der Waals surface area contributed by atoms with Crippen LogP contribution in [0.5, 0.6) is 17.2 Å². The highest BCUT2D eigenvalue weighted by Crippen LogP contribution is 2.36. The maximum absolute atomic E-state index is 12.0. The summed E-state index contributed by atoms with van der Waals surface area (Å²) in [6.45, 7) is 2.41. The van der Waals surface area contributed by atoms with E-state index in [2.05, 4.69) is 26.5 Å². The standard InChI is InChI=1S/C19H21BrN2O4/c1-4-26-17-10-14(9-16(20)19(17)25-3)12-21-22-18(23)11-13-5-7-15(24-2)8-6-13/h5-10,12H,4,11H2,1-3H3,(H,22,23)/b21-12-. The zero-order chi connectivity index (χ0) is 18.9. The molecule has 0 aromatic heterocycles. The van der Waals surface area contributed by atoms with Crippen molar-refractivity contribution in [3.8, 4) is 17.2 Å². The Labute approximate surface area is 161 Å². The number of carbonyl (C=O) groups excluding carboxylic acids is 1. The first-order valence-electron chi connectivity index (χ1n) is 8.02. The summed E-state index contributed by atoms with van der Waals surface area (Å²) in [7, 11) is 3.18. The van der Waals surface area contributed by atoms with Gasteiger partial charge in [0, 0.05) is 0 Å². The van der Waals surface area contributed by atoms with E-state index in [9.17, 15) is 4.79 Å². The molecule has 2 aromatic rings. The molecule has 26 heavy (non-hydrogen) atoms. The van der Waals surface area contributed by atoms with E-state index < -0.39 is 0 Å². The largest absolute Gasteiger partial charge is 0.497 e. The zero-order valence-corrected chi connectivity index (χ0v) is 16.5. The SMILES string of the molecule is CCOc1cc(/C=N\NC(=O)Cc2ccc(OC)cc2)cc(Br)c1OC.